The largest absolute Gasteiger partial charge is 0.368 e. The van der Waals surface area contributed by atoms with Crippen LogP contribution < -0.4 is 5.73 Å². The van der Waals surface area contributed by atoms with Gasteiger partial charge in [-0.1, -0.05) is 12.1 Å². The van der Waals surface area contributed by atoms with E-state index in [1.54, 1.807) is 30.0 Å². The third-order valence-corrected chi connectivity index (χ3v) is 5.31. The molecule has 8 nitrogen and oxygen atoms in total. The number of halogens is 1. The highest BCUT2D eigenvalue weighted by Gasteiger charge is 2.50. The van der Waals surface area contributed by atoms with Crippen molar-refractivity contribution in [2.75, 3.05) is 46.9 Å². The normalized spacial score (nSPS) is 23.6. The topological polar surface area (TPSA) is 96.2 Å². The molecule has 2 heterocycles. The minimum absolute atomic E-state index is 0.00536. The SMILES string of the molecule is CN(C)C(=O)N1C[C@H]2CN(C(=O)COCC(N)=O)C[C@H]2[C@@H]1c1cccc(F)c1. The molecule has 9 heteroatoms. The zero-order valence-corrected chi connectivity index (χ0v) is 16.0. The van der Waals surface area contributed by atoms with Gasteiger partial charge in [0.2, 0.25) is 11.8 Å². The van der Waals surface area contributed by atoms with E-state index < -0.39 is 5.91 Å². The summed E-state index contributed by atoms with van der Waals surface area (Å²) >= 11 is 0. The van der Waals surface area contributed by atoms with Crippen LogP contribution in [0.4, 0.5) is 9.18 Å². The number of amides is 4. The third-order valence-electron chi connectivity index (χ3n) is 5.31. The second-order valence-electron chi connectivity index (χ2n) is 7.51. The summed E-state index contributed by atoms with van der Waals surface area (Å²) in [5.41, 5.74) is 5.73. The molecule has 3 atom stereocenters. The number of nitrogens with zero attached hydrogens (tertiary/aromatic N) is 3. The van der Waals surface area contributed by atoms with Gasteiger partial charge in [0, 0.05) is 45.6 Å². The summed E-state index contributed by atoms with van der Waals surface area (Å²) in [4.78, 5) is 40.8. The molecule has 3 rings (SSSR count). The first kappa shape index (κ1) is 20.1. The van der Waals surface area contributed by atoms with Gasteiger partial charge in [-0.3, -0.25) is 9.59 Å². The lowest BCUT2D eigenvalue weighted by Crippen LogP contribution is -2.42. The fraction of sp³-hybridized carbons (Fsp3) is 0.526. The molecule has 2 fully saturated rings. The van der Waals surface area contributed by atoms with Crippen LogP contribution in [0.1, 0.15) is 11.6 Å². The Bertz CT molecular complexity index is 772. The van der Waals surface area contributed by atoms with E-state index in [9.17, 15) is 18.8 Å². The van der Waals surface area contributed by atoms with E-state index in [0.717, 1.165) is 5.56 Å². The Morgan fingerprint density at radius 2 is 1.96 bits per heavy atom. The van der Waals surface area contributed by atoms with Crippen molar-refractivity contribution in [1.82, 2.24) is 14.7 Å². The molecule has 0 aliphatic carbocycles. The molecule has 4 amide bonds. The van der Waals surface area contributed by atoms with E-state index in [4.69, 9.17) is 10.5 Å². The number of ether oxygens (including phenoxy) is 1. The molecule has 2 aliphatic rings. The zero-order chi connectivity index (χ0) is 20.4. The number of carbonyl (C=O) groups excluding carboxylic acids is 3. The molecule has 152 valence electrons. The summed E-state index contributed by atoms with van der Waals surface area (Å²) in [7, 11) is 3.37. The molecule has 2 aliphatic heterocycles. The molecule has 0 spiro atoms. The van der Waals surface area contributed by atoms with E-state index >= 15 is 0 Å². The first-order valence-corrected chi connectivity index (χ1v) is 9.15. The summed E-state index contributed by atoms with van der Waals surface area (Å²) < 4.78 is 18.9. The molecule has 0 aromatic heterocycles. The second kappa shape index (κ2) is 8.14. The smallest absolute Gasteiger partial charge is 0.320 e. The Hall–Kier alpha value is -2.68. The molecule has 0 bridgehead atoms. The molecule has 0 radical (unpaired) electrons. The summed E-state index contributed by atoms with van der Waals surface area (Å²) in [5.74, 6) is -1.11. The first-order valence-electron chi connectivity index (χ1n) is 9.15. The second-order valence-corrected chi connectivity index (χ2v) is 7.51. The number of fused-ring (bicyclic) bond motifs is 1. The van der Waals surface area contributed by atoms with Crippen molar-refractivity contribution >= 4 is 17.8 Å². The minimum Gasteiger partial charge on any atom is -0.368 e. The molecule has 1 aromatic rings. The van der Waals surface area contributed by atoms with Gasteiger partial charge in [-0.15, -0.1) is 0 Å². The van der Waals surface area contributed by atoms with Crippen molar-refractivity contribution in [2.45, 2.75) is 6.04 Å². The number of urea groups is 1. The van der Waals surface area contributed by atoms with Crippen LogP contribution >= 0.6 is 0 Å². The van der Waals surface area contributed by atoms with Crippen LogP contribution in [0.2, 0.25) is 0 Å². The van der Waals surface area contributed by atoms with Crippen molar-refractivity contribution in [1.29, 1.82) is 0 Å². The van der Waals surface area contributed by atoms with Crippen molar-refractivity contribution < 1.29 is 23.5 Å². The van der Waals surface area contributed by atoms with Crippen LogP contribution in [-0.4, -0.2) is 79.5 Å². The average molecular weight is 392 g/mol. The lowest BCUT2D eigenvalue weighted by Gasteiger charge is -2.31. The van der Waals surface area contributed by atoms with Gasteiger partial charge in [0.05, 0.1) is 6.04 Å². The maximum Gasteiger partial charge on any atom is 0.320 e. The Morgan fingerprint density at radius 1 is 1.21 bits per heavy atom. The summed E-state index contributed by atoms with van der Waals surface area (Å²) in [6.07, 6.45) is 0. The minimum atomic E-state index is -0.630. The van der Waals surface area contributed by atoms with Gasteiger partial charge in [0.1, 0.15) is 19.0 Å². The maximum absolute atomic E-state index is 13.8. The van der Waals surface area contributed by atoms with E-state index in [0.29, 0.717) is 19.6 Å². The number of hydrogen-bond acceptors (Lipinski definition) is 4. The fourth-order valence-corrected chi connectivity index (χ4v) is 4.15. The van der Waals surface area contributed by atoms with Crippen molar-refractivity contribution in [3.63, 3.8) is 0 Å². The number of hydrogen-bond donors (Lipinski definition) is 1. The van der Waals surface area contributed by atoms with Crippen LogP contribution in [0.5, 0.6) is 0 Å². The number of carbonyl (C=O) groups is 3. The average Bonchev–Trinajstić information content (AvgIpc) is 3.18. The number of primary amides is 1. The van der Waals surface area contributed by atoms with Crippen LogP contribution in [0.25, 0.3) is 0 Å². The predicted molar refractivity (Wildman–Crippen MR) is 98.5 cm³/mol. The predicted octanol–water partition coefficient (Wildman–Crippen LogP) is 0.441. The number of likely N-dealkylation sites (tertiary alicyclic amines) is 2. The highest BCUT2D eigenvalue weighted by atomic mass is 19.1. The van der Waals surface area contributed by atoms with Crippen LogP contribution in [0.3, 0.4) is 0 Å². The molecule has 0 saturated carbocycles. The summed E-state index contributed by atoms with van der Waals surface area (Å²) in [5, 5.41) is 0. The van der Waals surface area contributed by atoms with Gasteiger partial charge in [0.25, 0.3) is 0 Å². The maximum atomic E-state index is 13.8. The molecular weight excluding hydrogens is 367 g/mol. The van der Waals surface area contributed by atoms with Gasteiger partial charge in [-0.05, 0) is 17.7 Å². The van der Waals surface area contributed by atoms with Gasteiger partial charge in [-0.25, -0.2) is 9.18 Å². The van der Waals surface area contributed by atoms with Gasteiger partial charge in [-0.2, -0.15) is 0 Å². The Kier molecular flexibility index (Phi) is 5.83. The molecule has 1 aromatic carbocycles. The highest BCUT2D eigenvalue weighted by molar-refractivity contribution is 5.79. The first-order chi connectivity index (χ1) is 13.3. The Balaban J connectivity index is 1.77. The summed E-state index contributed by atoms with van der Waals surface area (Å²) in [6.45, 7) is 0.917. The lowest BCUT2D eigenvalue weighted by molar-refractivity contribution is -0.137. The molecule has 2 saturated heterocycles. The van der Waals surface area contributed by atoms with Gasteiger partial charge in [0.15, 0.2) is 0 Å². The van der Waals surface area contributed by atoms with Crippen molar-refractivity contribution in [3.8, 4) is 0 Å². The standard InChI is InChI=1S/C19H25FN4O4/c1-22(2)19(27)24-8-13-7-23(17(26)11-28-10-16(21)25)9-15(13)18(24)12-4-3-5-14(20)6-12/h3-6,13,15,18H,7-11H2,1-2H3,(H2,21,25)/t13-,15-,18+/m1/s1. The quantitative estimate of drug-likeness (QED) is 0.787. The Labute approximate surface area is 163 Å². The lowest BCUT2D eigenvalue weighted by atomic mass is 9.89. The number of benzene rings is 1. The summed E-state index contributed by atoms with van der Waals surface area (Å²) in [6, 6.07) is 5.82. The van der Waals surface area contributed by atoms with E-state index in [1.807, 2.05) is 6.07 Å². The number of nitrogens with two attached hydrogens (primary N) is 1. The molecule has 0 unspecified atom stereocenters. The Morgan fingerprint density at radius 3 is 2.61 bits per heavy atom. The molecule has 28 heavy (non-hydrogen) atoms. The van der Waals surface area contributed by atoms with Crippen molar-refractivity contribution in [3.05, 3.63) is 35.6 Å². The van der Waals surface area contributed by atoms with E-state index in [1.165, 1.54) is 17.0 Å². The van der Waals surface area contributed by atoms with Crippen LogP contribution in [0.15, 0.2) is 24.3 Å². The zero-order valence-electron chi connectivity index (χ0n) is 16.0. The van der Waals surface area contributed by atoms with E-state index in [-0.39, 0.29) is 48.8 Å². The molecule has 2 N–H and O–H groups in total. The number of rotatable bonds is 5. The van der Waals surface area contributed by atoms with Crippen molar-refractivity contribution in [2.24, 2.45) is 17.6 Å². The third kappa shape index (κ3) is 4.09. The van der Waals surface area contributed by atoms with E-state index in [2.05, 4.69) is 0 Å². The van der Waals surface area contributed by atoms with Gasteiger partial charge >= 0.3 is 6.03 Å². The van der Waals surface area contributed by atoms with Crippen LogP contribution in [-0.2, 0) is 14.3 Å². The fourth-order valence-electron chi connectivity index (χ4n) is 4.15. The monoisotopic (exact) mass is 392 g/mol. The van der Waals surface area contributed by atoms with Crippen LogP contribution in [0, 0.1) is 17.7 Å². The van der Waals surface area contributed by atoms with Gasteiger partial charge < -0.3 is 25.2 Å². The highest BCUT2D eigenvalue weighted by Crippen LogP contribution is 2.45. The molecular formula is C19H25FN4O4.